The number of hydrogen-bond donors (Lipinski definition) is 1. The summed E-state index contributed by atoms with van der Waals surface area (Å²) in [4.78, 5) is 28.1. The van der Waals surface area contributed by atoms with Gasteiger partial charge in [0.1, 0.15) is 6.04 Å². The molecule has 0 radical (unpaired) electrons. The minimum absolute atomic E-state index is 0.0143. The molecule has 2 atom stereocenters. The summed E-state index contributed by atoms with van der Waals surface area (Å²) in [5, 5.41) is 9.39. The molecule has 2 aromatic rings. The highest BCUT2D eigenvalue weighted by Crippen LogP contribution is 2.32. The molecule has 0 spiro atoms. The van der Waals surface area contributed by atoms with Crippen LogP contribution in [0.3, 0.4) is 0 Å². The molecule has 2 unspecified atom stereocenters. The zero-order chi connectivity index (χ0) is 20.5. The lowest BCUT2D eigenvalue weighted by molar-refractivity contribution is -0.142. The first kappa shape index (κ1) is 18.9. The summed E-state index contributed by atoms with van der Waals surface area (Å²) in [6, 6.07) is 17.9. The van der Waals surface area contributed by atoms with Gasteiger partial charge in [-0.25, -0.2) is 5.01 Å². The van der Waals surface area contributed by atoms with Crippen molar-refractivity contribution < 1.29 is 9.59 Å². The van der Waals surface area contributed by atoms with E-state index in [1.165, 1.54) is 5.56 Å². The zero-order valence-electron chi connectivity index (χ0n) is 16.9. The number of amides is 2. The Hall–Kier alpha value is -3.15. The Balaban J connectivity index is 1.18. The monoisotopic (exact) mass is 402 g/mol. The molecule has 3 heterocycles. The van der Waals surface area contributed by atoms with Gasteiger partial charge in [-0.15, -0.1) is 0 Å². The van der Waals surface area contributed by atoms with E-state index in [1.54, 1.807) is 5.01 Å². The van der Waals surface area contributed by atoms with E-state index in [2.05, 4.69) is 16.5 Å². The second-order valence-corrected chi connectivity index (χ2v) is 8.30. The standard InChI is InChI=1S/C24H26N4O2/c29-23(28-22(10-13-25-28)17-6-2-1-3-7-17)18-11-14-27(15-12-18)24(30)21-16-19-8-4-5-9-20(19)26-21/h1-9,13,18,21-22,26H,10-12,14-16H2. The summed E-state index contributed by atoms with van der Waals surface area (Å²) in [7, 11) is 0. The maximum absolute atomic E-state index is 13.2. The number of nitrogens with one attached hydrogen (secondary N) is 1. The van der Waals surface area contributed by atoms with Crippen LogP contribution in [0.15, 0.2) is 59.7 Å². The van der Waals surface area contributed by atoms with Crippen molar-refractivity contribution in [3.63, 3.8) is 0 Å². The van der Waals surface area contributed by atoms with Gasteiger partial charge in [-0.2, -0.15) is 5.10 Å². The van der Waals surface area contributed by atoms with E-state index in [0.717, 1.165) is 24.1 Å². The summed E-state index contributed by atoms with van der Waals surface area (Å²) < 4.78 is 0. The van der Waals surface area contributed by atoms with Gasteiger partial charge in [0.05, 0.1) is 6.04 Å². The number of anilines is 1. The molecule has 1 saturated heterocycles. The number of carbonyl (C=O) groups excluding carboxylic acids is 2. The van der Waals surface area contributed by atoms with Gasteiger partial charge in [-0.1, -0.05) is 48.5 Å². The average Bonchev–Trinajstić information content (AvgIpc) is 3.46. The summed E-state index contributed by atoms with van der Waals surface area (Å²) in [5.74, 6) is 0.138. The van der Waals surface area contributed by atoms with Crippen LogP contribution >= 0.6 is 0 Å². The number of rotatable bonds is 3. The Kier molecular flexibility index (Phi) is 4.99. The van der Waals surface area contributed by atoms with Crippen LogP contribution in [0.1, 0.15) is 36.4 Å². The third-order valence-corrected chi connectivity index (χ3v) is 6.47. The highest BCUT2D eigenvalue weighted by molar-refractivity contribution is 5.88. The summed E-state index contributed by atoms with van der Waals surface area (Å²) in [6.45, 7) is 1.24. The van der Waals surface area contributed by atoms with Gasteiger partial charge in [0, 0.05) is 43.8 Å². The van der Waals surface area contributed by atoms with Crippen LogP contribution in [0.2, 0.25) is 0 Å². The quantitative estimate of drug-likeness (QED) is 0.857. The lowest BCUT2D eigenvalue weighted by atomic mass is 9.94. The fraction of sp³-hybridized carbons (Fsp3) is 0.375. The van der Waals surface area contributed by atoms with Crippen LogP contribution in [0, 0.1) is 5.92 Å². The number of piperidine rings is 1. The molecule has 5 rings (SSSR count). The van der Waals surface area contributed by atoms with E-state index in [4.69, 9.17) is 0 Å². The lowest BCUT2D eigenvalue weighted by Crippen LogP contribution is -2.48. The van der Waals surface area contributed by atoms with E-state index in [0.29, 0.717) is 25.9 Å². The van der Waals surface area contributed by atoms with Crippen molar-refractivity contribution in [2.45, 2.75) is 37.8 Å². The first-order chi connectivity index (χ1) is 14.7. The van der Waals surface area contributed by atoms with Crippen molar-refractivity contribution in [3.8, 4) is 0 Å². The van der Waals surface area contributed by atoms with Crippen LogP contribution in [0.5, 0.6) is 0 Å². The van der Waals surface area contributed by atoms with Gasteiger partial charge >= 0.3 is 0 Å². The SMILES string of the molecule is O=C(C1Cc2ccccc2N1)N1CCC(C(=O)N2N=CCC2c2ccccc2)CC1. The fourth-order valence-electron chi connectivity index (χ4n) is 4.78. The second-order valence-electron chi connectivity index (χ2n) is 8.30. The third-order valence-electron chi connectivity index (χ3n) is 6.47. The normalized spacial score (nSPS) is 23.3. The smallest absolute Gasteiger partial charge is 0.246 e. The molecule has 1 fully saturated rings. The Morgan fingerprint density at radius 1 is 0.933 bits per heavy atom. The largest absolute Gasteiger partial charge is 0.373 e. The highest BCUT2D eigenvalue weighted by Gasteiger charge is 2.37. The topological polar surface area (TPSA) is 65.0 Å². The number of nitrogens with zero attached hydrogens (tertiary/aromatic N) is 3. The minimum atomic E-state index is -0.194. The third kappa shape index (κ3) is 3.47. The van der Waals surface area contributed by atoms with Crippen LogP contribution in [0.4, 0.5) is 5.69 Å². The number of carbonyl (C=O) groups is 2. The summed E-state index contributed by atoms with van der Waals surface area (Å²) in [6.07, 6.45) is 4.70. The Morgan fingerprint density at radius 3 is 2.43 bits per heavy atom. The molecule has 0 saturated carbocycles. The molecule has 30 heavy (non-hydrogen) atoms. The highest BCUT2D eigenvalue weighted by atomic mass is 16.2. The maximum atomic E-state index is 13.2. The minimum Gasteiger partial charge on any atom is -0.373 e. The number of fused-ring (bicyclic) bond motifs is 1. The van der Waals surface area contributed by atoms with Gasteiger partial charge in [-0.3, -0.25) is 9.59 Å². The second kappa shape index (κ2) is 7.94. The molecular formula is C24H26N4O2. The van der Waals surface area contributed by atoms with Crippen molar-refractivity contribution in [2.24, 2.45) is 11.0 Å². The van der Waals surface area contributed by atoms with Gasteiger partial charge in [0.15, 0.2) is 0 Å². The van der Waals surface area contributed by atoms with Crippen molar-refractivity contribution in [2.75, 3.05) is 18.4 Å². The Bertz CT molecular complexity index is 941. The number of likely N-dealkylation sites (tertiary alicyclic amines) is 1. The predicted molar refractivity (Wildman–Crippen MR) is 116 cm³/mol. The van der Waals surface area contributed by atoms with Crippen LogP contribution in [-0.4, -0.2) is 47.1 Å². The van der Waals surface area contributed by atoms with Gasteiger partial charge in [0.25, 0.3) is 0 Å². The van der Waals surface area contributed by atoms with Gasteiger partial charge in [0.2, 0.25) is 11.8 Å². The molecule has 6 nitrogen and oxygen atoms in total. The Morgan fingerprint density at radius 2 is 1.67 bits per heavy atom. The fourth-order valence-corrected chi connectivity index (χ4v) is 4.78. The first-order valence-electron chi connectivity index (χ1n) is 10.7. The van der Waals surface area contributed by atoms with E-state index in [1.807, 2.05) is 59.6 Å². The molecule has 3 aliphatic rings. The molecule has 6 heteroatoms. The van der Waals surface area contributed by atoms with E-state index in [9.17, 15) is 9.59 Å². The first-order valence-corrected chi connectivity index (χ1v) is 10.7. The molecule has 0 bridgehead atoms. The summed E-state index contributed by atoms with van der Waals surface area (Å²) in [5.41, 5.74) is 3.36. The van der Waals surface area contributed by atoms with E-state index >= 15 is 0 Å². The molecule has 0 aromatic heterocycles. The van der Waals surface area contributed by atoms with E-state index in [-0.39, 0.29) is 29.8 Å². The van der Waals surface area contributed by atoms with Crippen LogP contribution < -0.4 is 5.32 Å². The van der Waals surface area contributed by atoms with Crippen LogP contribution in [0.25, 0.3) is 0 Å². The molecule has 2 amide bonds. The molecule has 1 N–H and O–H groups in total. The Labute approximate surface area is 176 Å². The molecule has 2 aromatic carbocycles. The number of hydrazone groups is 1. The molecular weight excluding hydrogens is 376 g/mol. The predicted octanol–water partition coefficient (Wildman–Crippen LogP) is 3.22. The molecule has 154 valence electrons. The van der Waals surface area contributed by atoms with Gasteiger partial charge in [-0.05, 0) is 30.0 Å². The maximum Gasteiger partial charge on any atom is 0.246 e. The zero-order valence-corrected chi connectivity index (χ0v) is 16.9. The molecule has 0 aliphatic carbocycles. The molecule has 3 aliphatic heterocycles. The lowest BCUT2D eigenvalue weighted by Gasteiger charge is -2.35. The van der Waals surface area contributed by atoms with Crippen LogP contribution in [-0.2, 0) is 16.0 Å². The van der Waals surface area contributed by atoms with Crippen molar-refractivity contribution in [3.05, 3.63) is 65.7 Å². The summed E-state index contributed by atoms with van der Waals surface area (Å²) >= 11 is 0. The number of hydrogen-bond acceptors (Lipinski definition) is 4. The van der Waals surface area contributed by atoms with Gasteiger partial charge < -0.3 is 10.2 Å². The van der Waals surface area contributed by atoms with Crippen molar-refractivity contribution in [1.82, 2.24) is 9.91 Å². The average molecular weight is 402 g/mol. The van der Waals surface area contributed by atoms with Crippen molar-refractivity contribution in [1.29, 1.82) is 0 Å². The van der Waals surface area contributed by atoms with Crippen molar-refractivity contribution >= 4 is 23.7 Å². The number of benzene rings is 2. The number of para-hydroxylation sites is 1. The van der Waals surface area contributed by atoms with E-state index < -0.39 is 0 Å².